The van der Waals surface area contributed by atoms with Crippen molar-refractivity contribution in [2.45, 2.75) is 32.7 Å². The zero-order chi connectivity index (χ0) is 19.0. The fraction of sp³-hybridized carbons (Fsp3) is 0.556. The third-order valence-electron chi connectivity index (χ3n) is 3.67. The maximum atomic E-state index is 12.4. The zero-order valence-corrected chi connectivity index (χ0v) is 15.4. The van der Waals surface area contributed by atoms with Crippen molar-refractivity contribution in [3.05, 3.63) is 23.8 Å². The van der Waals surface area contributed by atoms with E-state index in [1.807, 2.05) is 0 Å². The van der Waals surface area contributed by atoms with Crippen LogP contribution in [0.15, 0.2) is 18.2 Å². The molecule has 0 bridgehead atoms. The molecule has 1 atom stereocenters. The van der Waals surface area contributed by atoms with Crippen LogP contribution in [0.2, 0.25) is 0 Å². The average molecular weight is 353 g/mol. The Balaban J connectivity index is 2.91. The lowest BCUT2D eigenvalue weighted by Crippen LogP contribution is -2.55. The monoisotopic (exact) mass is 353 g/mol. The number of methoxy groups -OCH3 is 2. The van der Waals surface area contributed by atoms with Gasteiger partial charge in [0.05, 0.1) is 20.3 Å². The van der Waals surface area contributed by atoms with Gasteiger partial charge in [0, 0.05) is 12.7 Å². The van der Waals surface area contributed by atoms with Crippen molar-refractivity contribution in [2.24, 2.45) is 5.92 Å². The van der Waals surface area contributed by atoms with Gasteiger partial charge in [-0.1, -0.05) is 13.8 Å². The van der Waals surface area contributed by atoms with E-state index in [-0.39, 0.29) is 12.2 Å². The van der Waals surface area contributed by atoms with Crippen LogP contribution in [0.3, 0.4) is 0 Å². The van der Waals surface area contributed by atoms with Gasteiger partial charge in [-0.05, 0) is 37.5 Å². The molecule has 7 heteroatoms. The van der Waals surface area contributed by atoms with Crippen molar-refractivity contribution >= 4 is 11.9 Å². The molecule has 25 heavy (non-hydrogen) atoms. The van der Waals surface area contributed by atoms with E-state index in [0.717, 1.165) is 6.42 Å². The topological polar surface area (TPSA) is 94.1 Å². The van der Waals surface area contributed by atoms with Gasteiger partial charge in [0.15, 0.2) is 17.0 Å². The Morgan fingerprint density at radius 1 is 1.24 bits per heavy atom. The molecule has 7 nitrogen and oxygen atoms in total. The molecular weight excluding hydrogens is 326 g/mol. The Morgan fingerprint density at radius 2 is 1.92 bits per heavy atom. The predicted octanol–water partition coefficient (Wildman–Crippen LogP) is 2.34. The highest BCUT2D eigenvalue weighted by molar-refractivity contribution is 5.98. The lowest BCUT2D eigenvalue weighted by atomic mass is 10.0. The fourth-order valence-corrected chi connectivity index (χ4v) is 2.10. The van der Waals surface area contributed by atoms with E-state index in [0.29, 0.717) is 24.0 Å². The van der Waals surface area contributed by atoms with Gasteiger partial charge in [-0.3, -0.25) is 4.79 Å². The number of carbonyl (C=O) groups excluding carboxylic acids is 1. The summed E-state index contributed by atoms with van der Waals surface area (Å²) in [6.45, 7) is 5.99. The molecule has 140 valence electrons. The lowest BCUT2D eigenvalue weighted by Gasteiger charge is -2.25. The molecule has 0 aromatic heterocycles. The molecule has 1 rings (SSSR count). The van der Waals surface area contributed by atoms with Gasteiger partial charge in [-0.2, -0.15) is 0 Å². The molecule has 1 aromatic carbocycles. The van der Waals surface area contributed by atoms with Crippen LogP contribution >= 0.6 is 0 Å². The molecule has 0 aliphatic carbocycles. The maximum absolute atomic E-state index is 12.4. The number of carboxylic acids is 1. The summed E-state index contributed by atoms with van der Waals surface area (Å²) < 4.78 is 15.8. The van der Waals surface area contributed by atoms with Gasteiger partial charge < -0.3 is 24.6 Å². The van der Waals surface area contributed by atoms with Crippen molar-refractivity contribution in [1.29, 1.82) is 0 Å². The summed E-state index contributed by atoms with van der Waals surface area (Å²) in [6.07, 6.45) is 0.902. The molecule has 1 amide bonds. The maximum Gasteiger partial charge on any atom is 0.331 e. The number of rotatable bonds is 10. The molecular formula is C18H27NO6. The van der Waals surface area contributed by atoms with Crippen LogP contribution in [0.25, 0.3) is 0 Å². The molecule has 0 fully saturated rings. The standard InChI is InChI=1S/C18H27NO6/c1-12(2)8-9-25-14-7-6-13(10-15(14)24-5)16(20)19-18(3,11-23-4)17(21)22/h6-7,10,12H,8-9,11H2,1-5H3,(H,19,20)(H,21,22). The lowest BCUT2D eigenvalue weighted by molar-refractivity contribution is -0.145. The Kier molecular flexibility index (Phi) is 7.70. The van der Waals surface area contributed by atoms with E-state index in [9.17, 15) is 14.7 Å². The minimum atomic E-state index is -1.52. The van der Waals surface area contributed by atoms with E-state index in [4.69, 9.17) is 14.2 Å². The largest absolute Gasteiger partial charge is 0.493 e. The number of nitrogens with one attached hydrogen (secondary N) is 1. The van der Waals surface area contributed by atoms with Gasteiger partial charge in [-0.15, -0.1) is 0 Å². The number of hydrogen-bond acceptors (Lipinski definition) is 5. The molecule has 0 saturated carbocycles. The van der Waals surface area contributed by atoms with Gasteiger partial charge in [0.1, 0.15) is 0 Å². The van der Waals surface area contributed by atoms with E-state index in [1.54, 1.807) is 12.1 Å². The van der Waals surface area contributed by atoms with Crippen LogP contribution in [-0.2, 0) is 9.53 Å². The van der Waals surface area contributed by atoms with Gasteiger partial charge in [0.25, 0.3) is 5.91 Å². The quantitative estimate of drug-likeness (QED) is 0.670. The summed E-state index contributed by atoms with van der Waals surface area (Å²) in [5.41, 5.74) is -1.25. The molecule has 0 heterocycles. The highest BCUT2D eigenvalue weighted by Crippen LogP contribution is 2.28. The SMILES string of the molecule is COCC(C)(NC(=O)c1ccc(OCCC(C)C)c(OC)c1)C(=O)O. The van der Waals surface area contributed by atoms with E-state index < -0.39 is 17.4 Å². The first-order chi connectivity index (χ1) is 11.7. The Hall–Kier alpha value is -2.28. The molecule has 2 N–H and O–H groups in total. The van der Waals surface area contributed by atoms with E-state index >= 15 is 0 Å². The van der Waals surface area contributed by atoms with E-state index in [2.05, 4.69) is 19.2 Å². The first-order valence-corrected chi connectivity index (χ1v) is 8.09. The summed E-state index contributed by atoms with van der Waals surface area (Å²) in [6, 6.07) is 4.73. The molecule has 1 unspecified atom stereocenters. The van der Waals surface area contributed by atoms with Gasteiger partial charge in [0.2, 0.25) is 0 Å². The minimum Gasteiger partial charge on any atom is -0.493 e. The summed E-state index contributed by atoms with van der Waals surface area (Å²) in [5, 5.41) is 11.8. The highest BCUT2D eigenvalue weighted by Gasteiger charge is 2.35. The van der Waals surface area contributed by atoms with Crippen molar-refractivity contribution < 1.29 is 28.9 Å². The Morgan fingerprint density at radius 3 is 2.44 bits per heavy atom. The van der Waals surface area contributed by atoms with Crippen LogP contribution in [0.5, 0.6) is 11.5 Å². The van der Waals surface area contributed by atoms with Crippen LogP contribution < -0.4 is 14.8 Å². The van der Waals surface area contributed by atoms with Crippen molar-refractivity contribution in [1.82, 2.24) is 5.32 Å². The number of carboxylic acid groups (broad SMARTS) is 1. The van der Waals surface area contributed by atoms with Crippen LogP contribution in [0, 0.1) is 5.92 Å². The number of benzene rings is 1. The first-order valence-electron chi connectivity index (χ1n) is 8.09. The van der Waals surface area contributed by atoms with Crippen molar-refractivity contribution in [2.75, 3.05) is 27.4 Å². The molecule has 1 aromatic rings. The summed E-state index contributed by atoms with van der Waals surface area (Å²) >= 11 is 0. The molecule has 0 saturated heterocycles. The predicted molar refractivity (Wildman–Crippen MR) is 93.3 cm³/mol. The minimum absolute atomic E-state index is 0.151. The third kappa shape index (κ3) is 5.94. The molecule has 0 aliphatic rings. The second kappa shape index (κ2) is 9.27. The Labute approximate surface area is 148 Å². The summed E-state index contributed by atoms with van der Waals surface area (Å²) in [7, 11) is 2.86. The van der Waals surface area contributed by atoms with E-state index in [1.165, 1.54) is 27.2 Å². The molecule has 0 spiro atoms. The molecule has 0 radical (unpaired) electrons. The van der Waals surface area contributed by atoms with Crippen LogP contribution in [-0.4, -0.2) is 50.0 Å². The second-order valence-corrected chi connectivity index (χ2v) is 6.42. The smallest absolute Gasteiger partial charge is 0.331 e. The third-order valence-corrected chi connectivity index (χ3v) is 3.67. The second-order valence-electron chi connectivity index (χ2n) is 6.42. The molecule has 0 aliphatic heterocycles. The highest BCUT2D eigenvalue weighted by atomic mass is 16.5. The van der Waals surface area contributed by atoms with Crippen molar-refractivity contribution in [3.8, 4) is 11.5 Å². The number of carbonyl (C=O) groups is 2. The fourth-order valence-electron chi connectivity index (χ4n) is 2.10. The number of hydrogen-bond donors (Lipinski definition) is 2. The normalized spacial score (nSPS) is 13.2. The first kappa shape index (κ1) is 20.8. The average Bonchev–Trinajstić information content (AvgIpc) is 2.54. The zero-order valence-electron chi connectivity index (χ0n) is 15.4. The number of aliphatic carboxylic acids is 1. The van der Waals surface area contributed by atoms with Crippen LogP contribution in [0.4, 0.5) is 0 Å². The van der Waals surface area contributed by atoms with Crippen LogP contribution in [0.1, 0.15) is 37.6 Å². The number of ether oxygens (including phenoxy) is 3. The number of amides is 1. The summed E-state index contributed by atoms with van der Waals surface area (Å²) in [4.78, 5) is 23.8. The van der Waals surface area contributed by atoms with Gasteiger partial charge >= 0.3 is 5.97 Å². The van der Waals surface area contributed by atoms with Crippen molar-refractivity contribution in [3.63, 3.8) is 0 Å². The summed E-state index contributed by atoms with van der Waals surface area (Å²) in [5.74, 6) is -0.236. The Bertz CT molecular complexity index is 601. The van der Waals surface area contributed by atoms with Gasteiger partial charge in [-0.25, -0.2) is 4.79 Å².